The van der Waals surface area contributed by atoms with E-state index in [1.165, 1.54) is 0 Å². The van der Waals surface area contributed by atoms with E-state index in [0.29, 0.717) is 11.4 Å². The van der Waals surface area contributed by atoms with Crippen molar-refractivity contribution in [1.82, 2.24) is 9.88 Å². The Morgan fingerprint density at radius 3 is 2.95 bits per heavy atom. The summed E-state index contributed by atoms with van der Waals surface area (Å²) in [6, 6.07) is 3.20. The second kappa shape index (κ2) is 6.20. The molecule has 7 heteroatoms. The van der Waals surface area contributed by atoms with Crippen LogP contribution in [0.5, 0.6) is 0 Å². The van der Waals surface area contributed by atoms with Gasteiger partial charge in [0.25, 0.3) is 5.91 Å². The van der Waals surface area contributed by atoms with Crippen molar-refractivity contribution in [2.75, 3.05) is 24.3 Å². The molecular weight excluding hydrogens is 296 g/mol. The lowest BCUT2D eigenvalue weighted by atomic mass is 10.1. The van der Waals surface area contributed by atoms with Crippen LogP contribution in [0, 0.1) is 0 Å². The lowest BCUT2D eigenvalue weighted by Gasteiger charge is -2.23. The number of nitrogens with zero attached hydrogens (tertiary/aromatic N) is 2. The van der Waals surface area contributed by atoms with Crippen LogP contribution < -0.4 is 11.3 Å². The van der Waals surface area contributed by atoms with Crippen molar-refractivity contribution < 1.29 is 4.79 Å². The predicted octanol–water partition coefficient (Wildman–Crippen LogP) is 2.38. The van der Waals surface area contributed by atoms with E-state index in [9.17, 15) is 4.79 Å². The molecule has 1 saturated heterocycles. The van der Waals surface area contributed by atoms with Crippen LogP contribution in [0.15, 0.2) is 12.1 Å². The number of hydrogen-bond acceptors (Lipinski definition) is 5. The molecule has 1 aliphatic heterocycles. The molecule has 2 rings (SSSR count). The van der Waals surface area contributed by atoms with E-state index in [-0.39, 0.29) is 15.8 Å². The normalized spacial score (nSPS) is 18.5. The standard InChI is InChI=1S/C13H19ClN4OS/c1-13(2)3-4-18(5-6-20-13)12(19)9-7-10(14)16-11(8-9)17-15/h7-8H,3-6,15H2,1-2H3,(H,16,17). The zero-order valence-corrected chi connectivity index (χ0v) is 13.2. The molecule has 0 aliphatic carbocycles. The Labute approximate surface area is 128 Å². The Bertz CT molecular complexity index is 509. The summed E-state index contributed by atoms with van der Waals surface area (Å²) in [5, 5.41) is 0.258. The van der Waals surface area contributed by atoms with E-state index in [4.69, 9.17) is 17.4 Å². The second-order valence-electron chi connectivity index (χ2n) is 5.36. The number of rotatable bonds is 2. The average molecular weight is 315 g/mol. The van der Waals surface area contributed by atoms with Crippen LogP contribution in [0.3, 0.4) is 0 Å². The molecule has 1 aromatic rings. The van der Waals surface area contributed by atoms with Gasteiger partial charge < -0.3 is 10.3 Å². The van der Waals surface area contributed by atoms with Gasteiger partial charge in [0, 0.05) is 29.2 Å². The van der Waals surface area contributed by atoms with Crippen molar-refractivity contribution in [1.29, 1.82) is 0 Å². The van der Waals surface area contributed by atoms with Gasteiger partial charge in [0.2, 0.25) is 0 Å². The first-order valence-corrected chi connectivity index (χ1v) is 7.85. The van der Waals surface area contributed by atoms with Crippen molar-refractivity contribution in [3.8, 4) is 0 Å². The highest BCUT2D eigenvalue weighted by atomic mass is 35.5. The summed E-state index contributed by atoms with van der Waals surface area (Å²) in [4.78, 5) is 18.4. The number of aromatic nitrogens is 1. The second-order valence-corrected chi connectivity index (χ2v) is 7.55. The van der Waals surface area contributed by atoms with E-state index < -0.39 is 0 Å². The van der Waals surface area contributed by atoms with Crippen LogP contribution >= 0.6 is 23.4 Å². The van der Waals surface area contributed by atoms with Gasteiger partial charge in [-0.05, 0) is 18.6 Å². The molecule has 110 valence electrons. The Kier molecular flexibility index (Phi) is 4.78. The fourth-order valence-electron chi connectivity index (χ4n) is 2.10. The molecule has 1 aliphatic rings. The number of carbonyl (C=O) groups is 1. The zero-order valence-electron chi connectivity index (χ0n) is 11.6. The number of nitrogen functional groups attached to an aromatic ring is 1. The van der Waals surface area contributed by atoms with Crippen LogP contribution in [0.25, 0.3) is 0 Å². The van der Waals surface area contributed by atoms with Gasteiger partial charge in [-0.15, -0.1) is 0 Å². The molecule has 0 bridgehead atoms. The van der Waals surface area contributed by atoms with Gasteiger partial charge in [-0.3, -0.25) is 4.79 Å². The van der Waals surface area contributed by atoms with Gasteiger partial charge >= 0.3 is 0 Å². The molecule has 0 atom stereocenters. The fourth-order valence-corrected chi connectivity index (χ4v) is 3.41. The molecule has 0 unspecified atom stereocenters. The average Bonchev–Trinajstić information content (AvgIpc) is 2.58. The summed E-state index contributed by atoms with van der Waals surface area (Å²) >= 11 is 7.81. The SMILES string of the molecule is CC1(C)CCN(C(=O)c2cc(Cl)nc(NN)c2)CCS1. The molecule has 0 aromatic carbocycles. The third-order valence-corrected chi connectivity index (χ3v) is 4.88. The first-order chi connectivity index (χ1) is 9.41. The minimum Gasteiger partial charge on any atom is -0.338 e. The van der Waals surface area contributed by atoms with Crippen LogP contribution in [0.4, 0.5) is 5.82 Å². The van der Waals surface area contributed by atoms with Gasteiger partial charge in [0.15, 0.2) is 0 Å². The maximum Gasteiger partial charge on any atom is 0.254 e. The van der Waals surface area contributed by atoms with Crippen LogP contribution in [-0.2, 0) is 0 Å². The Morgan fingerprint density at radius 1 is 1.50 bits per heavy atom. The number of thioether (sulfide) groups is 1. The lowest BCUT2D eigenvalue weighted by Crippen LogP contribution is -2.33. The third kappa shape index (κ3) is 3.77. The zero-order chi connectivity index (χ0) is 14.8. The Balaban J connectivity index is 2.16. The molecular formula is C13H19ClN4OS. The van der Waals surface area contributed by atoms with E-state index in [1.807, 2.05) is 16.7 Å². The van der Waals surface area contributed by atoms with Crippen molar-refractivity contribution in [2.45, 2.75) is 25.0 Å². The summed E-state index contributed by atoms with van der Waals surface area (Å²) in [6.07, 6.45) is 0.976. The van der Waals surface area contributed by atoms with E-state index in [0.717, 1.165) is 25.3 Å². The van der Waals surface area contributed by atoms with E-state index >= 15 is 0 Å². The first kappa shape index (κ1) is 15.4. The monoisotopic (exact) mass is 314 g/mol. The summed E-state index contributed by atoms with van der Waals surface area (Å²) < 4.78 is 0.217. The summed E-state index contributed by atoms with van der Waals surface area (Å²) in [5.74, 6) is 6.64. The topological polar surface area (TPSA) is 71.2 Å². The quantitative estimate of drug-likeness (QED) is 0.498. The lowest BCUT2D eigenvalue weighted by molar-refractivity contribution is 0.0764. The predicted molar refractivity (Wildman–Crippen MR) is 84.1 cm³/mol. The van der Waals surface area contributed by atoms with Crippen molar-refractivity contribution in [3.05, 3.63) is 22.8 Å². The van der Waals surface area contributed by atoms with Gasteiger partial charge in [-0.25, -0.2) is 10.8 Å². The third-order valence-electron chi connectivity index (χ3n) is 3.31. The molecule has 0 spiro atoms. The molecule has 0 radical (unpaired) electrons. The first-order valence-electron chi connectivity index (χ1n) is 6.49. The maximum atomic E-state index is 12.5. The molecule has 1 fully saturated rings. The molecule has 2 heterocycles. The van der Waals surface area contributed by atoms with Gasteiger partial charge in [-0.2, -0.15) is 11.8 Å². The minimum atomic E-state index is -0.0240. The summed E-state index contributed by atoms with van der Waals surface area (Å²) in [6.45, 7) is 5.93. The molecule has 3 N–H and O–H groups in total. The summed E-state index contributed by atoms with van der Waals surface area (Å²) in [5.41, 5.74) is 2.94. The number of hydrazine groups is 1. The number of amides is 1. The van der Waals surface area contributed by atoms with Gasteiger partial charge in [-0.1, -0.05) is 25.4 Å². The molecule has 20 heavy (non-hydrogen) atoms. The number of pyridine rings is 1. The number of anilines is 1. The number of carbonyl (C=O) groups excluding carboxylic acids is 1. The largest absolute Gasteiger partial charge is 0.338 e. The highest BCUT2D eigenvalue weighted by Gasteiger charge is 2.26. The number of hydrogen-bond donors (Lipinski definition) is 2. The highest BCUT2D eigenvalue weighted by Crippen LogP contribution is 2.31. The van der Waals surface area contributed by atoms with Crippen molar-refractivity contribution >= 4 is 35.1 Å². The Hall–Kier alpha value is -0.980. The van der Waals surface area contributed by atoms with Gasteiger partial charge in [0.1, 0.15) is 11.0 Å². The Morgan fingerprint density at radius 2 is 2.25 bits per heavy atom. The molecule has 0 saturated carbocycles. The smallest absolute Gasteiger partial charge is 0.254 e. The molecule has 5 nitrogen and oxygen atoms in total. The fraction of sp³-hybridized carbons (Fsp3) is 0.538. The van der Waals surface area contributed by atoms with Crippen LogP contribution in [0.1, 0.15) is 30.6 Å². The molecule has 1 aromatic heterocycles. The van der Waals surface area contributed by atoms with Crippen molar-refractivity contribution in [3.63, 3.8) is 0 Å². The van der Waals surface area contributed by atoms with Gasteiger partial charge in [0.05, 0.1) is 0 Å². The summed E-state index contributed by atoms with van der Waals surface area (Å²) in [7, 11) is 0. The molecule has 1 amide bonds. The van der Waals surface area contributed by atoms with Crippen LogP contribution in [-0.4, -0.2) is 39.4 Å². The minimum absolute atomic E-state index is 0.0240. The van der Waals surface area contributed by atoms with Crippen LogP contribution in [0.2, 0.25) is 5.15 Å². The van der Waals surface area contributed by atoms with E-state index in [1.54, 1.807) is 12.1 Å². The van der Waals surface area contributed by atoms with E-state index in [2.05, 4.69) is 24.3 Å². The van der Waals surface area contributed by atoms with Crippen molar-refractivity contribution in [2.24, 2.45) is 5.84 Å². The maximum absolute atomic E-state index is 12.5. The highest BCUT2D eigenvalue weighted by molar-refractivity contribution is 8.00. The number of nitrogens with one attached hydrogen (secondary N) is 1. The number of halogens is 1. The number of nitrogens with two attached hydrogens (primary N) is 1.